The van der Waals surface area contributed by atoms with Gasteiger partial charge in [0.15, 0.2) is 0 Å². The van der Waals surface area contributed by atoms with Crippen LogP contribution in [0.3, 0.4) is 0 Å². The Bertz CT molecular complexity index is 356. The van der Waals surface area contributed by atoms with Crippen LogP contribution in [0.25, 0.3) is 0 Å². The molecule has 102 valence electrons. The third-order valence-corrected chi connectivity index (χ3v) is 4.94. The summed E-state index contributed by atoms with van der Waals surface area (Å²) >= 11 is 6.06. The molecular formula is C14H23NOS2. The molecule has 0 aliphatic heterocycles. The van der Waals surface area contributed by atoms with Crippen molar-refractivity contribution >= 4 is 24.0 Å². The van der Waals surface area contributed by atoms with E-state index in [-0.39, 0.29) is 5.60 Å². The summed E-state index contributed by atoms with van der Waals surface area (Å²) in [6.07, 6.45) is 8.43. The fourth-order valence-electron chi connectivity index (χ4n) is 2.74. The van der Waals surface area contributed by atoms with Crippen molar-refractivity contribution in [2.75, 3.05) is 12.4 Å². The van der Waals surface area contributed by atoms with Crippen LogP contribution in [0.5, 0.6) is 0 Å². The minimum atomic E-state index is -0.0925. The second-order valence-corrected chi connectivity index (χ2v) is 6.26. The molecule has 1 aliphatic rings. The highest BCUT2D eigenvalue weighted by molar-refractivity contribution is 7.80. The van der Waals surface area contributed by atoms with Gasteiger partial charge in [-0.2, -0.15) is 12.6 Å². The molecule has 0 saturated heterocycles. The molecule has 0 spiro atoms. The summed E-state index contributed by atoms with van der Waals surface area (Å²) in [4.78, 5) is 4.80. The maximum absolute atomic E-state index is 6.16. The Morgan fingerprint density at radius 1 is 1.33 bits per heavy atom. The Hall–Kier alpha value is -0.0600. The predicted molar refractivity (Wildman–Crippen MR) is 80.7 cm³/mol. The third-order valence-electron chi connectivity index (χ3n) is 3.64. The highest BCUT2D eigenvalue weighted by atomic mass is 32.1. The maximum Gasteiger partial charge on any atom is 0.125 e. The van der Waals surface area contributed by atoms with Crippen LogP contribution in [0.1, 0.15) is 56.2 Å². The van der Waals surface area contributed by atoms with E-state index in [1.54, 1.807) is 11.3 Å². The van der Waals surface area contributed by atoms with E-state index in [9.17, 15) is 0 Å². The lowest BCUT2D eigenvalue weighted by Crippen LogP contribution is -2.29. The van der Waals surface area contributed by atoms with Crippen molar-refractivity contribution < 1.29 is 4.74 Å². The zero-order valence-corrected chi connectivity index (χ0v) is 12.9. The van der Waals surface area contributed by atoms with Gasteiger partial charge in [-0.1, -0.05) is 25.7 Å². The lowest BCUT2D eigenvalue weighted by Gasteiger charge is -2.30. The summed E-state index contributed by atoms with van der Waals surface area (Å²) in [7, 11) is 0. The molecule has 0 amide bonds. The average Bonchev–Trinajstić information content (AvgIpc) is 2.70. The Kier molecular flexibility index (Phi) is 5.52. The van der Waals surface area contributed by atoms with E-state index in [0.29, 0.717) is 0 Å². The van der Waals surface area contributed by atoms with E-state index < -0.39 is 0 Å². The van der Waals surface area contributed by atoms with E-state index in [4.69, 9.17) is 9.72 Å². The zero-order chi connectivity index (χ0) is 12.8. The number of aryl methyl sites for hydroxylation is 1. The number of thiazole rings is 1. The predicted octanol–water partition coefficient (Wildman–Crippen LogP) is 4.20. The van der Waals surface area contributed by atoms with Crippen LogP contribution >= 0.6 is 24.0 Å². The van der Waals surface area contributed by atoms with E-state index in [0.717, 1.165) is 31.6 Å². The first-order valence-corrected chi connectivity index (χ1v) is 8.51. The minimum Gasteiger partial charge on any atom is -0.368 e. The van der Waals surface area contributed by atoms with Crippen LogP contribution in [0.2, 0.25) is 0 Å². The molecule has 1 aromatic heterocycles. The van der Waals surface area contributed by atoms with Gasteiger partial charge in [0.2, 0.25) is 0 Å². The van der Waals surface area contributed by atoms with E-state index in [1.165, 1.54) is 36.4 Å². The number of thiol groups is 1. The van der Waals surface area contributed by atoms with Gasteiger partial charge in [0.05, 0.1) is 5.69 Å². The topological polar surface area (TPSA) is 22.1 Å². The summed E-state index contributed by atoms with van der Waals surface area (Å²) < 4.78 is 6.16. The summed E-state index contributed by atoms with van der Waals surface area (Å²) in [5, 5.41) is 3.38. The van der Waals surface area contributed by atoms with Crippen LogP contribution in [0, 0.1) is 0 Å². The number of aromatic nitrogens is 1. The molecule has 1 heterocycles. The second-order valence-electron chi connectivity index (χ2n) is 4.96. The molecule has 1 fully saturated rings. The van der Waals surface area contributed by atoms with Gasteiger partial charge in [0.1, 0.15) is 10.6 Å². The first-order chi connectivity index (χ1) is 8.80. The van der Waals surface area contributed by atoms with E-state index in [2.05, 4.69) is 24.9 Å². The molecule has 4 heteroatoms. The van der Waals surface area contributed by atoms with Crippen molar-refractivity contribution in [3.05, 3.63) is 16.1 Å². The third kappa shape index (κ3) is 3.28. The molecule has 1 aliphatic carbocycles. The molecule has 1 saturated carbocycles. The molecule has 0 radical (unpaired) electrons. The van der Waals surface area contributed by atoms with Gasteiger partial charge >= 0.3 is 0 Å². The zero-order valence-electron chi connectivity index (χ0n) is 11.2. The normalized spacial score (nSPS) is 19.7. The van der Waals surface area contributed by atoms with Crippen LogP contribution in [0.15, 0.2) is 5.38 Å². The number of nitrogens with zero attached hydrogens (tertiary/aromatic N) is 1. The van der Waals surface area contributed by atoms with Crippen molar-refractivity contribution in [2.45, 2.75) is 57.5 Å². The average molecular weight is 285 g/mol. The van der Waals surface area contributed by atoms with Crippen molar-refractivity contribution in [2.24, 2.45) is 0 Å². The SMILES string of the molecule is CCOC1(c2nc(CCS)cs2)CCCCCC1. The number of hydrogen-bond donors (Lipinski definition) is 1. The Labute approximate surface area is 120 Å². The lowest BCUT2D eigenvalue weighted by molar-refractivity contribution is -0.0560. The Morgan fingerprint density at radius 2 is 2.06 bits per heavy atom. The molecule has 2 rings (SSSR count). The van der Waals surface area contributed by atoms with Crippen molar-refractivity contribution in [3.8, 4) is 0 Å². The molecule has 0 unspecified atom stereocenters. The summed E-state index contributed by atoms with van der Waals surface area (Å²) in [6, 6.07) is 0. The fraction of sp³-hybridized carbons (Fsp3) is 0.786. The summed E-state index contributed by atoms with van der Waals surface area (Å²) in [5.74, 6) is 0.866. The number of ether oxygens (including phenoxy) is 1. The highest BCUT2D eigenvalue weighted by Crippen LogP contribution is 2.40. The van der Waals surface area contributed by atoms with Gasteiger partial charge < -0.3 is 4.74 Å². The lowest BCUT2D eigenvalue weighted by atomic mass is 9.95. The van der Waals surface area contributed by atoms with E-state index >= 15 is 0 Å². The Morgan fingerprint density at radius 3 is 2.67 bits per heavy atom. The van der Waals surface area contributed by atoms with Crippen molar-refractivity contribution in [1.82, 2.24) is 4.98 Å². The standard InChI is InChI=1S/C14H23NOS2/c1-2-16-14(8-5-3-4-6-9-14)13-15-12(7-10-17)11-18-13/h11,17H,2-10H2,1H3. The molecule has 2 nitrogen and oxygen atoms in total. The van der Waals surface area contributed by atoms with Gasteiger partial charge in [-0.3, -0.25) is 0 Å². The van der Waals surface area contributed by atoms with Gasteiger partial charge in [0.25, 0.3) is 0 Å². The summed E-state index contributed by atoms with van der Waals surface area (Å²) in [5.41, 5.74) is 1.08. The monoisotopic (exact) mass is 285 g/mol. The van der Waals surface area contributed by atoms with Crippen LogP contribution in [0.4, 0.5) is 0 Å². The minimum absolute atomic E-state index is 0.0925. The smallest absolute Gasteiger partial charge is 0.125 e. The van der Waals surface area contributed by atoms with Crippen LogP contribution < -0.4 is 0 Å². The number of rotatable bonds is 5. The fourth-order valence-corrected chi connectivity index (χ4v) is 4.04. The molecule has 18 heavy (non-hydrogen) atoms. The first kappa shape index (κ1) is 14.4. The Balaban J connectivity index is 2.20. The summed E-state index contributed by atoms with van der Waals surface area (Å²) in [6.45, 7) is 2.87. The maximum atomic E-state index is 6.16. The van der Waals surface area contributed by atoms with Crippen LogP contribution in [-0.4, -0.2) is 17.3 Å². The van der Waals surface area contributed by atoms with Crippen molar-refractivity contribution in [1.29, 1.82) is 0 Å². The van der Waals surface area contributed by atoms with E-state index in [1.807, 2.05) is 0 Å². The van der Waals surface area contributed by atoms with Gasteiger partial charge in [0, 0.05) is 12.0 Å². The molecule has 0 aromatic carbocycles. The largest absolute Gasteiger partial charge is 0.368 e. The second kappa shape index (κ2) is 6.92. The van der Waals surface area contributed by atoms with Gasteiger partial charge in [-0.15, -0.1) is 11.3 Å². The highest BCUT2D eigenvalue weighted by Gasteiger charge is 2.36. The molecule has 0 bridgehead atoms. The molecule has 1 aromatic rings. The van der Waals surface area contributed by atoms with Crippen LogP contribution in [-0.2, 0) is 16.8 Å². The quantitative estimate of drug-likeness (QED) is 0.647. The van der Waals surface area contributed by atoms with Gasteiger partial charge in [-0.25, -0.2) is 4.98 Å². The first-order valence-electron chi connectivity index (χ1n) is 7.00. The molecular weight excluding hydrogens is 262 g/mol. The molecule has 0 atom stereocenters. The van der Waals surface area contributed by atoms with Crippen molar-refractivity contribution in [3.63, 3.8) is 0 Å². The van der Waals surface area contributed by atoms with Gasteiger partial charge in [-0.05, 0) is 31.9 Å². The molecule has 0 N–H and O–H groups in total. The number of hydrogen-bond acceptors (Lipinski definition) is 4.